The van der Waals surface area contributed by atoms with E-state index in [4.69, 9.17) is 0 Å². The molecule has 4 rings (SSSR count). The van der Waals surface area contributed by atoms with Crippen molar-refractivity contribution in [1.29, 1.82) is 0 Å². The van der Waals surface area contributed by atoms with Crippen molar-refractivity contribution in [2.75, 3.05) is 14.2 Å². The minimum absolute atomic E-state index is 0.146. The Morgan fingerprint density at radius 2 is 0.977 bits per heavy atom. The van der Waals surface area contributed by atoms with E-state index < -0.39 is 47.0 Å². The lowest BCUT2D eigenvalue weighted by molar-refractivity contribution is -0.135. The molecule has 0 N–H and O–H groups in total. The first-order valence-corrected chi connectivity index (χ1v) is 12.4. The summed E-state index contributed by atoms with van der Waals surface area (Å²) < 4.78 is 88.1. The fraction of sp³-hybridized carbons (Fsp3) is 0.200. The number of aromatic nitrogens is 2. The zero-order valence-corrected chi connectivity index (χ0v) is 23.5. The number of carbonyl (C=O) groups excluding carboxylic acids is 4. The van der Waals surface area contributed by atoms with E-state index in [1.807, 2.05) is 0 Å². The Balaban J connectivity index is 0.000000240. The van der Waals surface area contributed by atoms with Gasteiger partial charge in [0.25, 0.3) is 11.6 Å². The van der Waals surface area contributed by atoms with Gasteiger partial charge in [-0.15, -0.1) is 0 Å². The van der Waals surface area contributed by atoms with Crippen LogP contribution in [0.25, 0.3) is 34.0 Å². The molecule has 8 nitrogen and oxygen atoms in total. The number of nitrogens with zero attached hydrogens (tertiary/aromatic N) is 2. The van der Waals surface area contributed by atoms with Gasteiger partial charge < -0.3 is 18.6 Å². The van der Waals surface area contributed by atoms with E-state index in [1.165, 1.54) is 47.6 Å². The first kappa shape index (κ1) is 33.4. The quantitative estimate of drug-likeness (QED) is 0.110. The van der Waals surface area contributed by atoms with Crippen molar-refractivity contribution in [3.05, 3.63) is 83.2 Å². The van der Waals surface area contributed by atoms with Crippen LogP contribution in [-0.2, 0) is 33.2 Å². The molecule has 44 heavy (non-hydrogen) atoms. The first-order chi connectivity index (χ1) is 20.5. The number of aryl methyl sites for hydroxylation is 2. The highest BCUT2D eigenvalue weighted by molar-refractivity contribution is 6.14. The number of hydrogen-bond acceptors (Lipinski definition) is 6. The Hall–Kier alpha value is -5.14. The van der Waals surface area contributed by atoms with Gasteiger partial charge in [-0.3, -0.25) is 9.59 Å². The van der Waals surface area contributed by atoms with Crippen LogP contribution in [0.5, 0.6) is 0 Å². The fourth-order valence-electron chi connectivity index (χ4n) is 4.32. The van der Waals surface area contributed by atoms with Crippen LogP contribution >= 0.6 is 0 Å². The van der Waals surface area contributed by atoms with E-state index in [0.29, 0.717) is 22.2 Å². The average molecular weight is 623 g/mol. The van der Waals surface area contributed by atoms with E-state index in [2.05, 4.69) is 9.47 Å². The number of ketones is 2. The van der Waals surface area contributed by atoms with Crippen LogP contribution < -0.4 is 0 Å². The molecule has 0 fully saturated rings. The number of halogens is 6. The zero-order chi connectivity index (χ0) is 33.0. The van der Waals surface area contributed by atoms with Gasteiger partial charge in [-0.2, -0.15) is 26.3 Å². The van der Waals surface area contributed by atoms with Crippen molar-refractivity contribution in [3.63, 3.8) is 0 Å². The number of methoxy groups -OCH3 is 2. The number of esters is 2. The molecular formula is C30H24F6N2O6. The number of benzene rings is 2. The van der Waals surface area contributed by atoms with Crippen LogP contribution in [0.2, 0.25) is 0 Å². The number of hydrogen-bond donors (Lipinski definition) is 0. The average Bonchev–Trinajstić information content (AvgIpc) is 3.50. The summed E-state index contributed by atoms with van der Waals surface area (Å²) in [6, 6.07) is 9.49. The van der Waals surface area contributed by atoms with Crippen molar-refractivity contribution in [2.45, 2.75) is 12.4 Å². The van der Waals surface area contributed by atoms with Gasteiger partial charge in [0.05, 0.1) is 25.3 Å². The highest BCUT2D eigenvalue weighted by atomic mass is 19.4. The summed E-state index contributed by atoms with van der Waals surface area (Å²) >= 11 is 0. The third kappa shape index (κ3) is 7.25. The summed E-state index contributed by atoms with van der Waals surface area (Å²) in [5, 5.41) is 0.292. The molecule has 0 bridgehead atoms. The maximum absolute atomic E-state index is 12.7. The molecule has 0 spiro atoms. The number of fused-ring (bicyclic) bond motifs is 2. The van der Waals surface area contributed by atoms with E-state index in [1.54, 1.807) is 38.4 Å². The van der Waals surface area contributed by atoms with Crippen molar-refractivity contribution in [1.82, 2.24) is 9.13 Å². The largest absolute Gasteiger partial charge is 0.466 e. The van der Waals surface area contributed by atoms with Gasteiger partial charge in [0, 0.05) is 60.4 Å². The summed E-state index contributed by atoms with van der Waals surface area (Å²) in [6.07, 6.45) is -2.84. The second kappa shape index (κ2) is 13.0. The van der Waals surface area contributed by atoms with Crippen molar-refractivity contribution in [2.24, 2.45) is 14.1 Å². The predicted octanol–water partition coefficient (Wildman–Crippen LogP) is 6.22. The molecule has 0 saturated carbocycles. The molecule has 2 heterocycles. The summed E-state index contributed by atoms with van der Waals surface area (Å²) in [6.45, 7) is 0. The molecule has 0 saturated heterocycles. The van der Waals surface area contributed by atoms with Crippen LogP contribution in [0.3, 0.4) is 0 Å². The van der Waals surface area contributed by atoms with Gasteiger partial charge in [-0.05, 0) is 35.4 Å². The molecule has 14 heteroatoms. The van der Waals surface area contributed by atoms with E-state index in [-0.39, 0.29) is 10.8 Å². The monoisotopic (exact) mass is 622 g/mol. The molecule has 0 aliphatic carbocycles. The second-order valence-electron chi connectivity index (χ2n) is 9.16. The molecule has 0 aliphatic heterocycles. The third-order valence-corrected chi connectivity index (χ3v) is 6.30. The van der Waals surface area contributed by atoms with E-state index in [0.717, 1.165) is 24.5 Å². The maximum Gasteiger partial charge on any atom is 0.454 e. The molecule has 232 valence electrons. The molecule has 2 aromatic carbocycles. The Labute approximate surface area is 245 Å². The van der Waals surface area contributed by atoms with Gasteiger partial charge in [0.1, 0.15) is 0 Å². The van der Waals surface area contributed by atoms with Gasteiger partial charge in [0.2, 0.25) is 0 Å². The summed E-state index contributed by atoms with van der Waals surface area (Å²) in [7, 11) is 5.47. The van der Waals surface area contributed by atoms with E-state index >= 15 is 0 Å². The SMILES string of the molecule is COC(=O)/C=C/c1cccc2c1c(C(=O)C(F)(F)F)cn2C.COC(=O)/C=C/c1cccc2c1c(C(=O)C(F)(F)F)cn2C. The summed E-state index contributed by atoms with van der Waals surface area (Å²) in [4.78, 5) is 45.5. The lowest BCUT2D eigenvalue weighted by Crippen LogP contribution is -2.22. The number of rotatable bonds is 6. The second-order valence-corrected chi connectivity index (χ2v) is 9.16. The van der Waals surface area contributed by atoms with E-state index in [9.17, 15) is 45.5 Å². The minimum atomic E-state index is -4.96. The van der Waals surface area contributed by atoms with Gasteiger partial charge in [-0.1, -0.05) is 24.3 Å². The highest BCUT2D eigenvalue weighted by Gasteiger charge is 2.42. The molecule has 0 unspecified atom stereocenters. The van der Waals surface area contributed by atoms with Gasteiger partial charge in [-0.25, -0.2) is 9.59 Å². The Morgan fingerprint density at radius 3 is 1.27 bits per heavy atom. The molecule has 0 radical (unpaired) electrons. The lowest BCUT2D eigenvalue weighted by Gasteiger charge is -2.05. The number of ether oxygens (including phenoxy) is 2. The van der Waals surface area contributed by atoms with Crippen LogP contribution in [-0.4, -0.2) is 59.2 Å². The van der Waals surface area contributed by atoms with Crippen LogP contribution in [0.4, 0.5) is 26.3 Å². The van der Waals surface area contributed by atoms with Crippen molar-refractivity contribution in [3.8, 4) is 0 Å². The number of carbonyl (C=O) groups is 4. The Bertz CT molecular complexity index is 1680. The fourth-order valence-corrected chi connectivity index (χ4v) is 4.32. The maximum atomic E-state index is 12.7. The van der Waals surface area contributed by atoms with Crippen molar-refractivity contribution < 1.29 is 55.0 Å². The van der Waals surface area contributed by atoms with Gasteiger partial charge >= 0.3 is 24.3 Å². The Morgan fingerprint density at radius 1 is 0.636 bits per heavy atom. The molecule has 2 aromatic heterocycles. The molecule has 0 amide bonds. The summed E-state index contributed by atoms with van der Waals surface area (Å²) in [5.41, 5.74) is 0.677. The Kier molecular flexibility index (Phi) is 9.87. The number of alkyl halides is 6. The predicted molar refractivity (Wildman–Crippen MR) is 149 cm³/mol. The third-order valence-electron chi connectivity index (χ3n) is 6.30. The van der Waals surface area contributed by atoms with Crippen LogP contribution in [0.1, 0.15) is 31.8 Å². The summed E-state index contributed by atoms with van der Waals surface area (Å²) in [5.74, 6) is -5.12. The zero-order valence-electron chi connectivity index (χ0n) is 23.5. The normalized spacial score (nSPS) is 12.0. The molecular weight excluding hydrogens is 598 g/mol. The van der Waals surface area contributed by atoms with Crippen LogP contribution in [0, 0.1) is 0 Å². The van der Waals surface area contributed by atoms with Crippen LogP contribution in [0.15, 0.2) is 60.9 Å². The van der Waals surface area contributed by atoms with Crippen molar-refractivity contribution >= 4 is 57.5 Å². The minimum Gasteiger partial charge on any atom is -0.466 e. The number of Topliss-reactive ketones (excluding diaryl/α,β-unsaturated/α-hetero) is 2. The molecule has 0 atom stereocenters. The highest BCUT2D eigenvalue weighted by Crippen LogP contribution is 2.32. The topological polar surface area (TPSA) is 96.6 Å². The molecule has 4 aromatic rings. The smallest absolute Gasteiger partial charge is 0.454 e. The lowest BCUT2D eigenvalue weighted by atomic mass is 10.0. The standard InChI is InChI=1S/2C15H12F3NO3/c2*1-19-8-10(14(21)15(16,17)18)13-9(4-3-5-11(13)19)6-7-12(20)22-2/h2*3-8H,1-2H3/b2*7-6+. The van der Waals surface area contributed by atoms with Gasteiger partial charge in [0.15, 0.2) is 0 Å². The molecule has 0 aliphatic rings. The first-order valence-electron chi connectivity index (χ1n) is 12.4.